The van der Waals surface area contributed by atoms with Crippen LogP contribution in [-0.2, 0) is 10.0 Å². The van der Waals surface area contributed by atoms with Crippen molar-refractivity contribution in [3.05, 3.63) is 54.6 Å². The van der Waals surface area contributed by atoms with Crippen molar-refractivity contribution in [2.45, 2.75) is 23.8 Å². The summed E-state index contributed by atoms with van der Waals surface area (Å²) in [5.41, 5.74) is 7.72. The third kappa shape index (κ3) is 2.75. The molecule has 26 heavy (non-hydrogen) atoms. The van der Waals surface area contributed by atoms with Crippen LogP contribution < -0.4 is 10.6 Å². The predicted octanol–water partition coefficient (Wildman–Crippen LogP) is 2.34. The lowest BCUT2D eigenvalue weighted by atomic mass is 10.1. The second-order valence-electron chi connectivity index (χ2n) is 6.44. The summed E-state index contributed by atoms with van der Waals surface area (Å²) in [6, 6.07) is 8.90. The van der Waals surface area contributed by atoms with Gasteiger partial charge in [-0.05, 0) is 37.1 Å². The molecular weight excluding hydrogens is 355 g/mol. The number of benzene rings is 1. The first-order chi connectivity index (χ1) is 12.5. The van der Waals surface area contributed by atoms with Gasteiger partial charge in [0.2, 0.25) is 0 Å². The first kappa shape index (κ1) is 17.0. The zero-order valence-corrected chi connectivity index (χ0v) is 14.9. The summed E-state index contributed by atoms with van der Waals surface area (Å²) in [5.74, 6) is -0.774. The van der Waals surface area contributed by atoms with Crippen LogP contribution in [0.1, 0.15) is 12.8 Å². The Balaban J connectivity index is 1.88. The predicted molar refractivity (Wildman–Crippen MR) is 98.1 cm³/mol. The lowest BCUT2D eigenvalue weighted by Crippen LogP contribution is -2.39. The Morgan fingerprint density at radius 1 is 1.12 bits per heavy atom. The van der Waals surface area contributed by atoms with Crippen LogP contribution in [0, 0.1) is 5.82 Å². The van der Waals surface area contributed by atoms with Crippen LogP contribution in [0.2, 0.25) is 0 Å². The number of nitrogens with two attached hydrogens (primary N) is 1. The van der Waals surface area contributed by atoms with Gasteiger partial charge in [0, 0.05) is 31.5 Å². The van der Waals surface area contributed by atoms with Crippen LogP contribution in [0.5, 0.6) is 0 Å². The fourth-order valence-electron chi connectivity index (χ4n) is 3.34. The molecule has 1 fully saturated rings. The minimum absolute atomic E-state index is 0.162. The molecule has 0 spiro atoms. The highest BCUT2D eigenvalue weighted by Gasteiger charge is 2.27. The molecule has 1 saturated heterocycles. The van der Waals surface area contributed by atoms with Crippen LogP contribution in [0.3, 0.4) is 0 Å². The van der Waals surface area contributed by atoms with Crippen molar-refractivity contribution in [2.24, 2.45) is 5.73 Å². The monoisotopic (exact) mass is 374 g/mol. The molecule has 0 amide bonds. The van der Waals surface area contributed by atoms with Crippen molar-refractivity contribution in [3.63, 3.8) is 0 Å². The molecule has 0 atom stereocenters. The number of nitrogens with zero attached hydrogens (tertiary/aromatic N) is 3. The van der Waals surface area contributed by atoms with E-state index in [1.54, 1.807) is 18.3 Å². The quantitative estimate of drug-likeness (QED) is 0.761. The molecule has 0 unspecified atom stereocenters. The molecule has 4 rings (SSSR count). The molecule has 2 aromatic heterocycles. The molecule has 0 aliphatic carbocycles. The maximum atomic E-state index is 14.1. The second kappa shape index (κ2) is 6.37. The number of pyridine rings is 1. The van der Waals surface area contributed by atoms with Crippen LogP contribution in [0.4, 0.5) is 10.1 Å². The molecule has 8 heteroatoms. The first-order valence-corrected chi connectivity index (χ1v) is 9.89. The van der Waals surface area contributed by atoms with Crippen molar-refractivity contribution in [3.8, 4) is 0 Å². The van der Waals surface area contributed by atoms with E-state index in [1.807, 2.05) is 0 Å². The van der Waals surface area contributed by atoms with Gasteiger partial charge in [0.1, 0.15) is 16.2 Å². The van der Waals surface area contributed by atoms with E-state index in [4.69, 9.17) is 5.73 Å². The van der Waals surface area contributed by atoms with Gasteiger partial charge in [-0.25, -0.2) is 16.8 Å². The van der Waals surface area contributed by atoms with Gasteiger partial charge in [-0.1, -0.05) is 12.1 Å². The fraction of sp³-hybridized carbons (Fsp3) is 0.278. The first-order valence-electron chi connectivity index (χ1n) is 8.45. The topological polar surface area (TPSA) is 81.2 Å². The van der Waals surface area contributed by atoms with Crippen LogP contribution in [-0.4, -0.2) is 36.5 Å². The molecule has 2 N–H and O–H groups in total. The van der Waals surface area contributed by atoms with Crippen molar-refractivity contribution in [1.29, 1.82) is 0 Å². The minimum atomic E-state index is -4.07. The number of piperidine rings is 1. The van der Waals surface area contributed by atoms with Gasteiger partial charge in [0.15, 0.2) is 0 Å². The Morgan fingerprint density at radius 2 is 1.85 bits per heavy atom. The van der Waals surface area contributed by atoms with Gasteiger partial charge in [-0.3, -0.25) is 4.98 Å². The van der Waals surface area contributed by atoms with Gasteiger partial charge in [0.25, 0.3) is 10.0 Å². The van der Waals surface area contributed by atoms with Gasteiger partial charge >= 0.3 is 0 Å². The lowest BCUT2D eigenvalue weighted by molar-refractivity contribution is 0.501. The number of fused-ring (bicyclic) bond motifs is 1. The average molecular weight is 374 g/mol. The van der Waals surface area contributed by atoms with Gasteiger partial charge in [0.05, 0.1) is 11.2 Å². The highest BCUT2D eigenvalue weighted by molar-refractivity contribution is 7.90. The Hall–Kier alpha value is -2.45. The number of halogens is 1. The summed E-state index contributed by atoms with van der Waals surface area (Å²) in [4.78, 5) is 6.11. The van der Waals surface area contributed by atoms with E-state index in [0.29, 0.717) is 11.0 Å². The molecule has 6 nitrogen and oxygen atoms in total. The van der Waals surface area contributed by atoms with Crippen LogP contribution in [0.25, 0.3) is 11.0 Å². The third-order valence-electron chi connectivity index (χ3n) is 4.76. The molecule has 3 heterocycles. The van der Waals surface area contributed by atoms with E-state index in [2.05, 4.69) is 9.88 Å². The number of hydrogen-bond acceptors (Lipinski definition) is 5. The minimum Gasteiger partial charge on any atom is -0.368 e. The van der Waals surface area contributed by atoms with Crippen LogP contribution in [0.15, 0.2) is 53.7 Å². The number of hydrogen-bond donors (Lipinski definition) is 1. The molecule has 3 aromatic rings. The average Bonchev–Trinajstić information content (AvgIpc) is 3.03. The largest absolute Gasteiger partial charge is 0.368 e. The maximum absolute atomic E-state index is 14.1. The van der Waals surface area contributed by atoms with Gasteiger partial charge in [-0.15, -0.1) is 0 Å². The lowest BCUT2D eigenvalue weighted by Gasteiger charge is -2.31. The van der Waals surface area contributed by atoms with Crippen molar-refractivity contribution >= 4 is 26.7 Å². The summed E-state index contributed by atoms with van der Waals surface area (Å²) >= 11 is 0. The van der Waals surface area contributed by atoms with E-state index in [1.165, 1.54) is 24.4 Å². The second-order valence-corrected chi connectivity index (χ2v) is 8.22. The summed E-state index contributed by atoms with van der Waals surface area (Å²) in [5, 5.41) is 0. The van der Waals surface area contributed by atoms with E-state index in [9.17, 15) is 12.8 Å². The third-order valence-corrected chi connectivity index (χ3v) is 6.47. The Bertz CT molecular complexity index is 1060. The van der Waals surface area contributed by atoms with Crippen molar-refractivity contribution in [2.75, 3.05) is 18.0 Å². The zero-order chi connectivity index (χ0) is 18.3. The van der Waals surface area contributed by atoms with Gasteiger partial charge in [-0.2, -0.15) is 0 Å². The fourth-order valence-corrected chi connectivity index (χ4v) is 4.77. The molecule has 0 bridgehead atoms. The SMILES string of the molecule is NC1CCN(c2cn(S(=O)(=O)c3ccccc3F)c3cccnc23)CC1. The Labute approximate surface area is 151 Å². The molecule has 1 aromatic carbocycles. The van der Waals surface area contributed by atoms with E-state index in [-0.39, 0.29) is 10.9 Å². The summed E-state index contributed by atoms with van der Waals surface area (Å²) in [6.45, 7) is 1.47. The number of aromatic nitrogens is 2. The highest BCUT2D eigenvalue weighted by atomic mass is 32.2. The molecule has 0 saturated carbocycles. The van der Waals surface area contributed by atoms with E-state index >= 15 is 0 Å². The van der Waals surface area contributed by atoms with Crippen molar-refractivity contribution in [1.82, 2.24) is 8.96 Å². The number of rotatable bonds is 3. The van der Waals surface area contributed by atoms with E-state index < -0.39 is 15.8 Å². The zero-order valence-electron chi connectivity index (χ0n) is 14.0. The smallest absolute Gasteiger partial charge is 0.271 e. The molecule has 0 radical (unpaired) electrons. The molecular formula is C18H19FN4O2S. The van der Waals surface area contributed by atoms with E-state index in [0.717, 1.165) is 41.7 Å². The Morgan fingerprint density at radius 3 is 2.58 bits per heavy atom. The maximum Gasteiger partial charge on any atom is 0.271 e. The summed E-state index contributed by atoms with van der Waals surface area (Å²) < 4.78 is 41.4. The summed E-state index contributed by atoms with van der Waals surface area (Å²) in [6.07, 6.45) is 4.83. The number of anilines is 1. The molecule has 1 aliphatic heterocycles. The standard InChI is InChI=1S/C18H19FN4O2S/c19-14-4-1-2-6-17(14)26(24,25)23-12-16(18-15(23)5-3-9-21-18)22-10-7-13(20)8-11-22/h1-6,9,12-13H,7-8,10-11,20H2. The molecule has 136 valence electrons. The molecule has 1 aliphatic rings. The van der Waals surface area contributed by atoms with Gasteiger partial charge < -0.3 is 10.6 Å². The van der Waals surface area contributed by atoms with Crippen LogP contribution >= 0.6 is 0 Å². The van der Waals surface area contributed by atoms with Crippen molar-refractivity contribution < 1.29 is 12.8 Å². The summed E-state index contributed by atoms with van der Waals surface area (Å²) in [7, 11) is -4.07. The Kier molecular flexibility index (Phi) is 4.16. The highest BCUT2D eigenvalue weighted by Crippen LogP contribution is 2.32. The normalized spacial score (nSPS) is 16.3.